The highest BCUT2D eigenvalue weighted by atomic mass is 16.3. The van der Waals surface area contributed by atoms with Crippen LogP contribution in [0.3, 0.4) is 0 Å². The van der Waals surface area contributed by atoms with Crippen molar-refractivity contribution in [2.45, 2.75) is 0 Å². The number of hydrogen-bond donors (Lipinski definition) is 0. The first-order chi connectivity index (χ1) is 26.7. The molecule has 0 N–H and O–H groups in total. The van der Waals surface area contributed by atoms with Crippen molar-refractivity contribution in [1.29, 1.82) is 0 Å². The van der Waals surface area contributed by atoms with E-state index in [-0.39, 0.29) is 0 Å². The van der Waals surface area contributed by atoms with Crippen molar-refractivity contribution in [2.75, 3.05) is 0 Å². The molecular formula is C48H28N4O2. The largest absolute Gasteiger partial charge is 0.456 e. The van der Waals surface area contributed by atoms with Crippen molar-refractivity contribution < 1.29 is 8.83 Å². The second-order valence-electron chi connectivity index (χ2n) is 13.4. The first-order valence-electron chi connectivity index (χ1n) is 17.9. The van der Waals surface area contributed by atoms with Crippen LogP contribution >= 0.6 is 0 Å². The highest BCUT2D eigenvalue weighted by Gasteiger charge is 2.20. The molecule has 3 aromatic heterocycles. The minimum atomic E-state index is 0.577. The first kappa shape index (κ1) is 30.2. The number of benzene rings is 8. The van der Waals surface area contributed by atoms with Crippen LogP contribution in [0.25, 0.3) is 111 Å². The second kappa shape index (κ2) is 12.1. The quantitative estimate of drug-likeness (QED) is 0.179. The Kier molecular flexibility index (Phi) is 6.75. The van der Waals surface area contributed by atoms with E-state index in [1.807, 2.05) is 91.0 Å². The Hall–Kier alpha value is -7.44. The number of fused-ring (bicyclic) bond motifs is 7. The fraction of sp³-hybridized carbons (Fsp3) is 0. The lowest BCUT2D eigenvalue weighted by molar-refractivity contribution is 0.623. The van der Waals surface area contributed by atoms with Gasteiger partial charge in [0.1, 0.15) is 16.7 Å². The lowest BCUT2D eigenvalue weighted by atomic mass is 9.95. The molecule has 0 radical (unpaired) electrons. The number of oxazole rings is 1. The van der Waals surface area contributed by atoms with Gasteiger partial charge in [0.25, 0.3) is 0 Å². The highest BCUT2D eigenvalue weighted by molar-refractivity contribution is 6.15. The molecule has 6 nitrogen and oxygen atoms in total. The summed E-state index contributed by atoms with van der Waals surface area (Å²) in [5.41, 5.74) is 8.86. The summed E-state index contributed by atoms with van der Waals surface area (Å²) in [4.78, 5) is 20.1. The molecule has 0 aliphatic carbocycles. The molecule has 0 aliphatic heterocycles. The van der Waals surface area contributed by atoms with Crippen molar-refractivity contribution >= 4 is 54.6 Å². The molecule has 252 valence electrons. The summed E-state index contributed by atoms with van der Waals surface area (Å²) >= 11 is 0. The summed E-state index contributed by atoms with van der Waals surface area (Å²) in [7, 11) is 0. The molecule has 0 aliphatic rings. The smallest absolute Gasteiger partial charge is 0.227 e. The van der Waals surface area contributed by atoms with E-state index in [1.54, 1.807) is 0 Å². The predicted octanol–water partition coefficient (Wildman–Crippen LogP) is 12.6. The van der Waals surface area contributed by atoms with Gasteiger partial charge in [-0.15, -0.1) is 0 Å². The van der Waals surface area contributed by atoms with Gasteiger partial charge in [0.15, 0.2) is 23.1 Å². The highest BCUT2D eigenvalue weighted by Crippen LogP contribution is 2.41. The molecule has 0 atom stereocenters. The number of hydrogen-bond acceptors (Lipinski definition) is 6. The molecule has 0 saturated carbocycles. The van der Waals surface area contributed by atoms with Crippen LogP contribution in [0.2, 0.25) is 0 Å². The minimum absolute atomic E-state index is 0.577. The van der Waals surface area contributed by atoms with Crippen LogP contribution in [0.4, 0.5) is 0 Å². The molecule has 0 bridgehead atoms. The van der Waals surface area contributed by atoms with Gasteiger partial charge < -0.3 is 8.83 Å². The Morgan fingerprint density at radius 2 is 1.02 bits per heavy atom. The molecule has 3 heterocycles. The average Bonchev–Trinajstić information content (AvgIpc) is 3.86. The molecule has 0 unspecified atom stereocenters. The summed E-state index contributed by atoms with van der Waals surface area (Å²) < 4.78 is 13.0. The Morgan fingerprint density at radius 3 is 1.87 bits per heavy atom. The van der Waals surface area contributed by atoms with E-state index in [4.69, 9.17) is 28.8 Å². The third-order valence-corrected chi connectivity index (χ3v) is 10.1. The van der Waals surface area contributed by atoms with E-state index in [0.29, 0.717) is 23.4 Å². The van der Waals surface area contributed by atoms with Gasteiger partial charge in [0, 0.05) is 38.4 Å². The van der Waals surface area contributed by atoms with Gasteiger partial charge >= 0.3 is 0 Å². The zero-order chi connectivity index (χ0) is 35.6. The molecule has 0 fully saturated rings. The van der Waals surface area contributed by atoms with Crippen molar-refractivity contribution in [3.8, 4) is 56.7 Å². The van der Waals surface area contributed by atoms with Crippen LogP contribution < -0.4 is 0 Å². The first-order valence-corrected chi connectivity index (χ1v) is 17.9. The van der Waals surface area contributed by atoms with Crippen molar-refractivity contribution in [3.05, 3.63) is 170 Å². The Morgan fingerprint density at radius 1 is 0.352 bits per heavy atom. The number of furan rings is 1. The molecule has 0 saturated heterocycles. The number of aromatic nitrogens is 4. The maximum Gasteiger partial charge on any atom is 0.227 e. The Labute approximate surface area is 309 Å². The number of rotatable bonds is 5. The van der Waals surface area contributed by atoms with Gasteiger partial charge in [-0.25, -0.2) is 19.9 Å². The maximum absolute atomic E-state index is 6.52. The van der Waals surface area contributed by atoms with E-state index >= 15 is 0 Å². The monoisotopic (exact) mass is 692 g/mol. The normalized spacial score (nSPS) is 11.7. The van der Waals surface area contributed by atoms with Crippen LogP contribution in [0.15, 0.2) is 179 Å². The van der Waals surface area contributed by atoms with Crippen LogP contribution in [0.5, 0.6) is 0 Å². The zero-order valence-corrected chi connectivity index (χ0v) is 28.8. The maximum atomic E-state index is 6.52. The fourth-order valence-corrected chi connectivity index (χ4v) is 7.55. The van der Waals surface area contributed by atoms with Crippen LogP contribution in [0, 0.1) is 0 Å². The van der Waals surface area contributed by atoms with Crippen molar-refractivity contribution in [2.24, 2.45) is 0 Å². The summed E-state index contributed by atoms with van der Waals surface area (Å²) in [6.45, 7) is 0. The summed E-state index contributed by atoms with van der Waals surface area (Å²) in [5.74, 6) is 2.39. The lowest BCUT2D eigenvalue weighted by Crippen LogP contribution is -2.00. The lowest BCUT2D eigenvalue weighted by Gasteiger charge is -2.10. The Balaban J connectivity index is 1.12. The standard InChI is InChI=1S/C48H28N4O2/c1-3-12-31(13-4-1)45-50-46(35-22-21-29-11-7-8-16-33(29)27-35)52-47(51-45)37-19-10-20-41-43(37)38-28-34(24-26-40(38)53-41)36-18-9-17-30-23-25-39-44(42(30)36)54-48(49-39)32-14-5-2-6-15-32/h1-28H. The van der Waals surface area contributed by atoms with Crippen LogP contribution in [-0.4, -0.2) is 19.9 Å². The summed E-state index contributed by atoms with van der Waals surface area (Å²) in [5, 5.41) is 6.30. The van der Waals surface area contributed by atoms with E-state index in [0.717, 1.165) is 88.0 Å². The van der Waals surface area contributed by atoms with Crippen LogP contribution in [0.1, 0.15) is 0 Å². The molecular weight excluding hydrogens is 665 g/mol. The molecule has 0 amide bonds. The van der Waals surface area contributed by atoms with Gasteiger partial charge in [-0.3, -0.25) is 0 Å². The van der Waals surface area contributed by atoms with Gasteiger partial charge in [-0.05, 0) is 69.8 Å². The van der Waals surface area contributed by atoms with Gasteiger partial charge in [-0.1, -0.05) is 127 Å². The fourth-order valence-electron chi connectivity index (χ4n) is 7.55. The molecule has 11 aromatic rings. The van der Waals surface area contributed by atoms with E-state index in [1.165, 1.54) is 0 Å². The predicted molar refractivity (Wildman–Crippen MR) is 217 cm³/mol. The summed E-state index contributed by atoms with van der Waals surface area (Å²) in [6, 6.07) is 57.7. The topological polar surface area (TPSA) is 77.8 Å². The Bertz CT molecular complexity index is 3220. The van der Waals surface area contributed by atoms with Crippen molar-refractivity contribution in [3.63, 3.8) is 0 Å². The molecule has 0 spiro atoms. The molecule has 6 heteroatoms. The average molecular weight is 693 g/mol. The minimum Gasteiger partial charge on any atom is -0.456 e. The zero-order valence-electron chi connectivity index (χ0n) is 28.8. The molecule has 8 aromatic carbocycles. The van der Waals surface area contributed by atoms with Crippen molar-refractivity contribution in [1.82, 2.24) is 19.9 Å². The molecule has 11 rings (SSSR count). The van der Waals surface area contributed by atoms with Gasteiger partial charge in [0.05, 0.1) is 0 Å². The van der Waals surface area contributed by atoms with Crippen LogP contribution in [-0.2, 0) is 0 Å². The van der Waals surface area contributed by atoms with E-state index < -0.39 is 0 Å². The third-order valence-electron chi connectivity index (χ3n) is 10.1. The van der Waals surface area contributed by atoms with Gasteiger partial charge in [0.2, 0.25) is 5.89 Å². The summed E-state index contributed by atoms with van der Waals surface area (Å²) in [6.07, 6.45) is 0. The third kappa shape index (κ3) is 4.96. The SMILES string of the molecule is c1ccc(-c2nc(-c3ccc4ccccc4c3)nc(-c3cccc4oc5ccc(-c6cccc7ccc8nc(-c9ccccc9)oc8c67)cc5c34)n2)cc1. The number of nitrogens with zero attached hydrogens (tertiary/aromatic N) is 4. The van der Waals surface area contributed by atoms with E-state index in [9.17, 15) is 0 Å². The molecule has 54 heavy (non-hydrogen) atoms. The van der Waals surface area contributed by atoms with Gasteiger partial charge in [-0.2, -0.15) is 0 Å². The van der Waals surface area contributed by atoms with E-state index in [2.05, 4.69) is 78.9 Å². The second-order valence-corrected chi connectivity index (χ2v) is 13.4.